The molecule has 0 aliphatic heterocycles. The molecule has 27 heavy (non-hydrogen) atoms. The second-order valence-corrected chi connectivity index (χ2v) is 6.19. The molecule has 2 aromatic carbocycles. The van der Waals surface area contributed by atoms with Crippen LogP contribution >= 0.6 is 0 Å². The van der Waals surface area contributed by atoms with E-state index in [1.165, 1.54) is 6.92 Å². The zero-order valence-electron chi connectivity index (χ0n) is 15.1. The molecule has 0 unspecified atom stereocenters. The van der Waals surface area contributed by atoms with Crippen LogP contribution in [0.4, 0.5) is 0 Å². The highest BCUT2D eigenvalue weighted by Gasteiger charge is 2.47. The number of aliphatic hydroxyl groups is 1. The summed E-state index contributed by atoms with van der Waals surface area (Å²) >= 11 is 0. The van der Waals surface area contributed by atoms with Crippen LogP contribution in [0.3, 0.4) is 0 Å². The molecular formula is C21H22O6. The number of esters is 2. The summed E-state index contributed by atoms with van der Waals surface area (Å²) in [5, 5.41) is 10.7. The summed E-state index contributed by atoms with van der Waals surface area (Å²) in [6.07, 6.45) is -0.555. The van der Waals surface area contributed by atoms with Crippen LogP contribution in [0.5, 0.6) is 0 Å². The quantitative estimate of drug-likeness (QED) is 0.539. The van der Waals surface area contributed by atoms with Crippen LogP contribution in [0.1, 0.15) is 30.9 Å². The van der Waals surface area contributed by atoms with Gasteiger partial charge in [0.05, 0.1) is 0 Å². The molecule has 6 heteroatoms. The van der Waals surface area contributed by atoms with E-state index in [2.05, 4.69) is 0 Å². The Bertz CT molecular complexity index is 714. The maximum atomic E-state index is 12.4. The number of benzene rings is 2. The third kappa shape index (κ3) is 6.04. The Morgan fingerprint density at radius 1 is 0.815 bits per heavy atom. The van der Waals surface area contributed by atoms with Crippen molar-refractivity contribution in [1.29, 1.82) is 0 Å². The molecular weight excluding hydrogens is 348 g/mol. The summed E-state index contributed by atoms with van der Waals surface area (Å²) in [6.45, 7) is 1.10. The molecule has 0 radical (unpaired) electrons. The van der Waals surface area contributed by atoms with Gasteiger partial charge in [-0.3, -0.25) is 0 Å². The topological polar surface area (TPSA) is 89.9 Å². The number of rotatable bonds is 9. The molecule has 0 fully saturated rings. The number of Topliss-reactive ketones (excluding diaryl/α,β-unsaturated/α-hetero) is 1. The third-order valence-electron chi connectivity index (χ3n) is 3.94. The molecule has 1 N–H and O–H groups in total. The second kappa shape index (κ2) is 9.64. The lowest BCUT2D eigenvalue weighted by atomic mass is 9.96. The lowest BCUT2D eigenvalue weighted by Gasteiger charge is -2.23. The van der Waals surface area contributed by atoms with Gasteiger partial charge < -0.3 is 19.4 Å². The molecule has 0 heterocycles. The molecule has 0 amide bonds. The number of hydrogen-bond donors (Lipinski definition) is 1. The van der Waals surface area contributed by atoms with E-state index in [4.69, 9.17) is 9.47 Å². The van der Waals surface area contributed by atoms with E-state index in [-0.39, 0.29) is 25.4 Å². The average molecular weight is 370 g/mol. The van der Waals surface area contributed by atoms with Gasteiger partial charge in [-0.1, -0.05) is 60.7 Å². The first-order chi connectivity index (χ1) is 12.9. The zero-order valence-corrected chi connectivity index (χ0v) is 15.1. The van der Waals surface area contributed by atoms with E-state index < -0.39 is 24.0 Å². The Kier molecular flexibility index (Phi) is 7.25. The van der Waals surface area contributed by atoms with Gasteiger partial charge in [-0.15, -0.1) is 0 Å². The molecule has 0 saturated heterocycles. The minimum atomic E-state index is -2.53. The van der Waals surface area contributed by atoms with Crippen molar-refractivity contribution in [3.05, 3.63) is 71.8 Å². The monoisotopic (exact) mass is 370 g/mol. The molecule has 0 bridgehead atoms. The summed E-state index contributed by atoms with van der Waals surface area (Å²) in [5.41, 5.74) is -1.12. The summed E-state index contributed by atoms with van der Waals surface area (Å²) in [6, 6.07) is 17.7. The molecule has 0 aliphatic rings. The van der Waals surface area contributed by atoms with Gasteiger partial charge in [0.2, 0.25) is 0 Å². The molecule has 0 atom stereocenters. The molecule has 142 valence electrons. The fourth-order valence-corrected chi connectivity index (χ4v) is 2.33. The van der Waals surface area contributed by atoms with Gasteiger partial charge in [0, 0.05) is 12.8 Å². The van der Waals surface area contributed by atoms with Crippen molar-refractivity contribution in [2.24, 2.45) is 0 Å². The van der Waals surface area contributed by atoms with E-state index in [0.717, 1.165) is 0 Å². The SMILES string of the molecule is CC(=O)CCC(O)(C(=O)OCc1ccccc1)C(=O)OCc1ccccc1. The highest BCUT2D eigenvalue weighted by molar-refractivity contribution is 6.03. The average Bonchev–Trinajstić information content (AvgIpc) is 2.69. The normalized spacial score (nSPS) is 10.9. The van der Waals surface area contributed by atoms with Gasteiger partial charge in [-0.25, -0.2) is 9.59 Å². The van der Waals surface area contributed by atoms with Crippen LogP contribution in [-0.2, 0) is 37.1 Å². The summed E-state index contributed by atoms with van der Waals surface area (Å²) in [4.78, 5) is 36.1. The summed E-state index contributed by atoms with van der Waals surface area (Å²) in [5.74, 6) is -2.53. The van der Waals surface area contributed by atoms with Gasteiger partial charge >= 0.3 is 11.9 Å². The van der Waals surface area contributed by atoms with E-state index >= 15 is 0 Å². The van der Waals surface area contributed by atoms with Crippen molar-refractivity contribution in [3.8, 4) is 0 Å². The Morgan fingerprint density at radius 3 is 1.59 bits per heavy atom. The predicted octanol–water partition coefficient (Wildman–Crippen LogP) is 2.57. The largest absolute Gasteiger partial charge is 0.458 e. The van der Waals surface area contributed by atoms with Crippen LogP contribution in [0.15, 0.2) is 60.7 Å². The number of hydrogen-bond acceptors (Lipinski definition) is 6. The van der Waals surface area contributed by atoms with E-state index in [9.17, 15) is 19.5 Å². The zero-order chi connectivity index (χ0) is 19.7. The van der Waals surface area contributed by atoms with Gasteiger partial charge in [0.1, 0.15) is 19.0 Å². The Morgan fingerprint density at radius 2 is 1.22 bits per heavy atom. The highest BCUT2D eigenvalue weighted by Crippen LogP contribution is 2.20. The summed E-state index contributed by atoms with van der Waals surface area (Å²) < 4.78 is 10.2. The minimum absolute atomic E-state index is 0.103. The molecule has 2 rings (SSSR count). The van der Waals surface area contributed by atoms with E-state index in [1.807, 2.05) is 12.1 Å². The molecule has 0 aliphatic carbocycles. The van der Waals surface area contributed by atoms with Crippen LogP contribution in [0.2, 0.25) is 0 Å². The van der Waals surface area contributed by atoms with Gasteiger partial charge in [0.25, 0.3) is 5.60 Å². The van der Waals surface area contributed by atoms with Crippen LogP contribution in [0, 0.1) is 0 Å². The van der Waals surface area contributed by atoms with Crippen molar-refractivity contribution in [2.45, 2.75) is 38.6 Å². The maximum Gasteiger partial charge on any atom is 0.350 e. The van der Waals surface area contributed by atoms with Crippen molar-refractivity contribution < 1.29 is 29.0 Å². The lowest BCUT2D eigenvalue weighted by Crippen LogP contribution is -2.49. The second-order valence-electron chi connectivity index (χ2n) is 6.19. The Balaban J connectivity index is 2.05. The van der Waals surface area contributed by atoms with Crippen molar-refractivity contribution in [1.82, 2.24) is 0 Å². The number of ether oxygens (including phenoxy) is 2. The predicted molar refractivity (Wildman–Crippen MR) is 97.3 cm³/mol. The van der Waals surface area contributed by atoms with Gasteiger partial charge in [-0.05, 0) is 18.1 Å². The van der Waals surface area contributed by atoms with Crippen molar-refractivity contribution in [2.75, 3.05) is 0 Å². The number of carbonyl (C=O) groups excluding carboxylic acids is 3. The fourth-order valence-electron chi connectivity index (χ4n) is 2.33. The first-order valence-electron chi connectivity index (χ1n) is 8.56. The Hall–Kier alpha value is -2.99. The minimum Gasteiger partial charge on any atom is -0.458 e. The van der Waals surface area contributed by atoms with E-state index in [1.54, 1.807) is 48.5 Å². The van der Waals surface area contributed by atoms with Crippen LogP contribution in [-0.4, -0.2) is 28.4 Å². The van der Waals surface area contributed by atoms with Gasteiger partial charge in [-0.2, -0.15) is 0 Å². The van der Waals surface area contributed by atoms with Crippen molar-refractivity contribution >= 4 is 17.7 Å². The fraction of sp³-hybridized carbons (Fsp3) is 0.286. The maximum absolute atomic E-state index is 12.4. The Labute approximate surface area is 157 Å². The molecule has 0 aromatic heterocycles. The first-order valence-corrected chi connectivity index (χ1v) is 8.56. The van der Waals surface area contributed by atoms with Crippen LogP contribution in [0.25, 0.3) is 0 Å². The standard InChI is InChI=1S/C21H22O6/c1-16(22)12-13-21(25,19(23)26-14-17-8-4-2-5-9-17)20(24)27-15-18-10-6-3-7-11-18/h2-11,25H,12-15H2,1H3. The van der Waals surface area contributed by atoms with E-state index in [0.29, 0.717) is 11.1 Å². The van der Waals surface area contributed by atoms with Crippen LogP contribution < -0.4 is 0 Å². The summed E-state index contributed by atoms with van der Waals surface area (Å²) in [7, 11) is 0. The highest BCUT2D eigenvalue weighted by atomic mass is 16.6. The number of carbonyl (C=O) groups is 3. The number of ketones is 1. The smallest absolute Gasteiger partial charge is 0.350 e. The van der Waals surface area contributed by atoms with Crippen molar-refractivity contribution in [3.63, 3.8) is 0 Å². The van der Waals surface area contributed by atoms with Gasteiger partial charge in [0.15, 0.2) is 0 Å². The first kappa shape index (κ1) is 20.3. The lowest BCUT2D eigenvalue weighted by molar-refractivity contribution is -0.186. The third-order valence-corrected chi connectivity index (χ3v) is 3.94. The molecule has 0 saturated carbocycles. The molecule has 0 spiro atoms. The molecule has 6 nitrogen and oxygen atoms in total. The molecule has 2 aromatic rings.